The van der Waals surface area contributed by atoms with Crippen molar-refractivity contribution in [3.63, 3.8) is 0 Å². The Morgan fingerprint density at radius 3 is 2.19 bits per heavy atom. The van der Waals surface area contributed by atoms with E-state index in [0.29, 0.717) is 20.5 Å². The Labute approximate surface area is 161 Å². The molecule has 1 heterocycles. The zero-order valence-electron chi connectivity index (χ0n) is 13.8. The second kappa shape index (κ2) is 8.16. The lowest BCUT2D eigenvalue weighted by Gasteiger charge is -2.10. The summed E-state index contributed by atoms with van der Waals surface area (Å²) >= 11 is -0.0445. The van der Waals surface area contributed by atoms with Crippen molar-refractivity contribution in [1.82, 2.24) is 9.97 Å². The molecule has 0 saturated carbocycles. The molecule has 0 saturated heterocycles. The van der Waals surface area contributed by atoms with Crippen molar-refractivity contribution in [3.8, 4) is 11.3 Å². The molecule has 3 aromatic rings. The molecule has 8 heteroatoms. The van der Waals surface area contributed by atoms with E-state index < -0.39 is 22.9 Å². The molecule has 0 N–H and O–H groups in total. The van der Waals surface area contributed by atoms with Gasteiger partial charge < -0.3 is 4.55 Å². The zero-order valence-corrected chi connectivity index (χ0v) is 15.4. The molecule has 1 aromatic heterocycles. The number of benzene rings is 2. The van der Waals surface area contributed by atoms with Gasteiger partial charge in [0, 0.05) is 34.0 Å². The molecule has 0 fully saturated rings. The maximum absolute atomic E-state index is 12.7. The van der Waals surface area contributed by atoms with Crippen LogP contribution in [0.3, 0.4) is 0 Å². The summed E-state index contributed by atoms with van der Waals surface area (Å²) in [5, 5.41) is 1.92. The summed E-state index contributed by atoms with van der Waals surface area (Å²) in [5.41, 5.74) is 0.665. The van der Waals surface area contributed by atoms with E-state index in [0.717, 1.165) is 17.7 Å². The smallest absolute Gasteiger partial charge is 0.416 e. The van der Waals surface area contributed by atoms with Crippen LogP contribution >= 0.6 is 11.8 Å². The number of rotatable bonds is 5. The lowest BCUT2D eigenvalue weighted by atomic mass is 10.2. The van der Waals surface area contributed by atoms with Crippen LogP contribution in [0.2, 0.25) is 0 Å². The van der Waals surface area contributed by atoms with Crippen molar-refractivity contribution in [3.05, 3.63) is 78.5 Å². The van der Waals surface area contributed by atoms with E-state index in [9.17, 15) is 17.7 Å². The maximum Gasteiger partial charge on any atom is 0.416 e. The minimum atomic E-state index is -4.37. The SMILES string of the molecule is C=C[S+]([O-])c1ccc(-c2nccnc2Sc2ccc(C(F)(F)F)cc2)cc1. The summed E-state index contributed by atoms with van der Waals surface area (Å²) in [6.07, 6.45) is -1.30. The number of aromatic nitrogens is 2. The van der Waals surface area contributed by atoms with Crippen LogP contribution in [0, 0.1) is 0 Å². The highest BCUT2D eigenvalue weighted by Crippen LogP contribution is 2.35. The Kier molecular flexibility index (Phi) is 5.88. The third-order valence-electron chi connectivity index (χ3n) is 3.57. The summed E-state index contributed by atoms with van der Waals surface area (Å²) in [6.45, 7) is 3.50. The summed E-state index contributed by atoms with van der Waals surface area (Å²) in [4.78, 5) is 9.87. The zero-order chi connectivity index (χ0) is 19.4. The van der Waals surface area contributed by atoms with E-state index in [1.807, 2.05) is 0 Å². The van der Waals surface area contributed by atoms with Crippen LogP contribution in [0.5, 0.6) is 0 Å². The van der Waals surface area contributed by atoms with Gasteiger partial charge in [-0.1, -0.05) is 18.3 Å². The fourth-order valence-corrected chi connectivity index (χ4v) is 3.74. The van der Waals surface area contributed by atoms with Gasteiger partial charge in [-0.25, -0.2) is 4.98 Å². The van der Waals surface area contributed by atoms with Crippen molar-refractivity contribution in [2.45, 2.75) is 21.0 Å². The van der Waals surface area contributed by atoms with E-state index in [1.165, 1.54) is 35.5 Å². The molecule has 0 aliphatic carbocycles. The van der Waals surface area contributed by atoms with Crippen molar-refractivity contribution in [2.75, 3.05) is 0 Å². The molecule has 0 aliphatic heterocycles. The molecule has 0 bridgehead atoms. The molecular weight excluding hydrogens is 393 g/mol. The number of alkyl halides is 3. The molecule has 0 aliphatic rings. The van der Waals surface area contributed by atoms with Crippen molar-refractivity contribution >= 4 is 22.9 Å². The van der Waals surface area contributed by atoms with Gasteiger partial charge in [-0.05, 0) is 48.5 Å². The minimum absolute atomic E-state index is 0.565. The molecule has 0 amide bonds. The van der Waals surface area contributed by atoms with Crippen LogP contribution in [-0.2, 0) is 17.4 Å². The number of hydrogen-bond acceptors (Lipinski definition) is 4. The van der Waals surface area contributed by atoms with E-state index in [2.05, 4.69) is 16.5 Å². The second-order valence-corrected chi connectivity index (χ2v) is 7.78. The van der Waals surface area contributed by atoms with Crippen molar-refractivity contribution in [2.24, 2.45) is 0 Å². The highest BCUT2D eigenvalue weighted by atomic mass is 32.2. The van der Waals surface area contributed by atoms with E-state index in [-0.39, 0.29) is 0 Å². The molecule has 0 spiro atoms. The van der Waals surface area contributed by atoms with Gasteiger partial charge in [0.25, 0.3) is 0 Å². The molecule has 2 aromatic carbocycles. The van der Waals surface area contributed by atoms with Crippen molar-refractivity contribution < 1.29 is 17.7 Å². The third-order valence-corrected chi connectivity index (χ3v) is 5.61. The molecular formula is C19H13F3N2OS2. The predicted octanol–water partition coefficient (Wildman–Crippen LogP) is 5.56. The fraction of sp³-hybridized carbons (Fsp3) is 0.0526. The molecule has 27 heavy (non-hydrogen) atoms. The Morgan fingerprint density at radius 1 is 0.963 bits per heavy atom. The Bertz CT molecular complexity index is 929. The van der Waals surface area contributed by atoms with Gasteiger partial charge in [0.15, 0.2) is 4.90 Å². The molecule has 1 atom stereocenters. The van der Waals surface area contributed by atoms with Gasteiger partial charge in [-0.3, -0.25) is 4.98 Å². The van der Waals surface area contributed by atoms with Crippen molar-refractivity contribution in [1.29, 1.82) is 0 Å². The normalized spacial score (nSPS) is 12.6. The van der Waals surface area contributed by atoms with Crippen LogP contribution in [0.4, 0.5) is 13.2 Å². The quantitative estimate of drug-likeness (QED) is 0.520. The van der Waals surface area contributed by atoms with Gasteiger partial charge in [-0.15, -0.1) is 0 Å². The Hall–Kier alpha value is -2.29. The predicted molar refractivity (Wildman–Crippen MR) is 99.6 cm³/mol. The standard InChI is InChI=1S/C19H13F3N2OS2/c1-2-27(25)16-9-3-13(4-10-16)17-18(24-12-11-23-17)26-15-7-5-14(6-8-15)19(20,21)22/h2-12H,1H2. The Morgan fingerprint density at radius 2 is 1.59 bits per heavy atom. The van der Waals surface area contributed by atoms with E-state index in [1.54, 1.807) is 30.5 Å². The van der Waals surface area contributed by atoms with Gasteiger partial charge >= 0.3 is 6.18 Å². The highest BCUT2D eigenvalue weighted by molar-refractivity contribution is 7.99. The van der Waals surface area contributed by atoms with Crippen LogP contribution in [0.1, 0.15) is 5.56 Å². The lowest BCUT2D eigenvalue weighted by Crippen LogP contribution is -2.03. The molecule has 3 rings (SSSR count). The van der Waals surface area contributed by atoms with E-state index in [4.69, 9.17) is 0 Å². The first-order chi connectivity index (χ1) is 12.9. The van der Waals surface area contributed by atoms with Crippen LogP contribution in [0.15, 0.2) is 87.7 Å². The maximum atomic E-state index is 12.7. The molecule has 138 valence electrons. The van der Waals surface area contributed by atoms with Gasteiger partial charge in [0.05, 0.1) is 5.56 Å². The van der Waals surface area contributed by atoms with Gasteiger partial charge in [-0.2, -0.15) is 13.2 Å². The first-order valence-corrected chi connectivity index (χ1v) is 9.71. The number of halogens is 3. The fourth-order valence-electron chi connectivity index (χ4n) is 2.26. The Balaban J connectivity index is 1.87. The highest BCUT2D eigenvalue weighted by Gasteiger charge is 2.30. The third kappa shape index (κ3) is 4.71. The summed E-state index contributed by atoms with van der Waals surface area (Å²) in [6, 6.07) is 11.9. The first kappa shape index (κ1) is 19.5. The minimum Gasteiger partial charge on any atom is -0.607 e. The molecule has 0 radical (unpaired) electrons. The van der Waals surface area contributed by atoms with Gasteiger partial charge in [0.2, 0.25) is 0 Å². The summed E-state index contributed by atoms with van der Waals surface area (Å²) < 4.78 is 49.8. The van der Waals surface area contributed by atoms with E-state index >= 15 is 0 Å². The topological polar surface area (TPSA) is 48.8 Å². The van der Waals surface area contributed by atoms with Crippen LogP contribution in [-0.4, -0.2) is 14.5 Å². The number of hydrogen-bond donors (Lipinski definition) is 0. The van der Waals surface area contributed by atoms with Crippen LogP contribution < -0.4 is 0 Å². The monoisotopic (exact) mass is 406 g/mol. The summed E-state index contributed by atoms with van der Waals surface area (Å²) in [5.74, 6) is 0. The first-order valence-electron chi connectivity index (χ1n) is 7.68. The number of nitrogens with zero attached hydrogens (tertiary/aromatic N) is 2. The largest absolute Gasteiger partial charge is 0.607 e. The molecule has 3 nitrogen and oxygen atoms in total. The second-order valence-electron chi connectivity index (χ2n) is 5.32. The average Bonchev–Trinajstić information content (AvgIpc) is 2.68. The van der Waals surface area contributed by atoms with Crippen LogP contribution in [0.25, 0.3) is 11.3 Å². The average molecular weight is 406 g/mol. The molecule has 1 unspecified atom stereocenters. The lowest BCUT2D eigenvalue weighted by molar-refractivity contribution is -0.137. The van der Waals surface area contributed by atoms with Gasteiger partial charge in [0.1, 0.15) is 16.1 Å². The summed E-state index contributed by atoms with van der Waals surface area (Å²) in [7, 11) is 0.